The molecule has 2 aliphatic carbocycles. The lowest BCUT2D eigenvalue weighted by molar-refractivity contribution is -0.0459. The number of nitrogens with one attached hydrogen (secondary N) is 1. The van der Waals surface area contributed by atoms with E-state index in [0.29, 0.717) is 17.1 Å². The van der Waals surface area contributed by atoms with Crippen molar-refractivity contribution in [3.05, 3.63) is 0 Å². The second kappa shape index (κ2) is 4.71. The van der Waals surface area contributed by atoms with Crippen LogP contribution in [0.3, 0.4) is 0 Å². The first-order chi connectivity index (χ1) is 8.99. The molecule has 3 atom stereocenters. The molecule has 0 aromatic rings. The number of rotatable bonds is 5. The summed E-state index contributed by atoms with van der Waals surface area (Å²) >= 11 is 0. The highest BCUT2D eigenvalue weighted by molar-refractivity contribution is 5.12. The Morgan fingerprint density at radius 3 is 2.37 bits per heavy atom. The quantitative estimate of drug-likeness (QED) is 0.826. The summed E-state index contributed by atoms with van der Waals surface area (Å²) in [6.07, 6.45) is 5.65. The van der Waals surface area contributed by atoms with Gasteiger partial charge in [-0.15, -0.1) is 0 Å². The van der Waals surface area contributed by atoms with E-state index in [1.807, 2.05) is 7.11 Å². The Morgan fingerprint density at radius 1 is 1.21 bits per heavy atom. The van der Waals surface area contributed by atoms with E-state index in [1.165, 1.54) is 32.2 Å². The van der Waals surface area contributed by atoms with Crippen molar-refractivity contribution >= 4 is 0 Å². The fraction of sp³-hybridized carbons (Fsp3) is 1.00. The monoisotopic (exact) mass is 266 g/mol. The normalized spacial score (nSPS) is 42.3. The number of methoxy groups -OCH3 is 1. The van der Waals surface area contributed by atoms with Gasteiger partial charge in [-0.05, 0) is 58.3 Å². The van der Waals surface area contributed by atoms with Gasteiger partial charge < -0.3 is 10.1 Å². The van der Waals surface area contributed by atoms with Gasteiger partial charge in [-0.1, -0.05) is 0 Å². The SMILES string of the molecule is COCC(C)N1CC(C)(C2CC2)NCC1(C)C1CC1. The molecule has 3 aliphatic rings. The third-order valence-electron chi connectivity index (χ3n) is 5.88. The fourth-order valence-corrected chi connectivity index (χ4v) is 4.14. The molecule has 0 bridgehead atoms. The lowest BCUT2D eigenvalue weighted by Gasteiger charge is -2.55. The van der Waals surface area contributed by atoms with Crippen molar-refractivity contribution in [2.45, 2.75) is 63.6 Å². The molecule has 3 fully saturated rings. The summed E-state index contributed by atoms with van der Waals surface area (Å²) in [5, 5.41) is 3.91. The lowest BCUT2D eigenvalue weighted by atomic mass is 9.82. The molecule has 0 radical (unpaired) electrons. The predicted molar refractivity (Wildman–Crippen MR) is 78.3 cm³/mol. The summed E-state index contributed by atoms with van der Waals surface area (Å²) in [5.41, 5.74) is 0.669. The van der Waals surface area contributed by atoms with E-state index in [9.17, 15) is 0 Å². The van der Waals surface area contributed by atoms with Crippen LogP contribution in [-0.2, 0) is 4.74 Å². The van der Waals surface area contributed by atoms with Crippen molar-refractivity contribution < 1.29 is 4.74 Å². The molecular formula is C16H30N2O. The average molecular weight is 266 g/mol. The first-order valence-electron chi connectivity index (χ1n) is 8.00. The summed E-state index contributed by atoms with van der Waals surface area (Å²) < 4.78 is 5.43. The molecule has 0 spiro atoms. The number of piperazine rings is 1. The minimum atomic E-state index is 0.330. The van der Waals surface area contributed by atoms with Crippen molar-refractivity contribution in [3.63, 3.8) is 0 Å². The zero-order chi connectivity index (χ0) is 13.7. The smallest absolute Gasteiger partial charge is 0.0615 e. The van der Waals surface area contributed by atoms with Crippen LogP contribution in [0.1, 0.15) is 46.5 Å². The van der Waals surface area contributed by atoms with E-state index in [2.05, 4.69) is 31.0 Å². The zero-order valence-electron chi connectivity index (χ0n) is 13.0. The number of hydrogen-bond donors (Lipinski definition) is 1. The van der Waals surface area contributed by atoms with Gasteiger partial charge in [0.2, 0.25) is 0 Å². The van der Waals surface area contributed by atoms with E-state index in [4.69, 9.17) is 4.74 Å². The Morgan fingerprint density at radius 2 is 1.84 bits per heavy atom. The molecule has 1 heterocycles. The highest BCUT2D eigenvalue weighted by atomic mass is 16.5. The molecule has 1 saturated heterocycles. The van der Waals surface area contributed by atoms with Gasteiger partial charge in [0, 0.05) is 37.3 Å². The molecule has 0 aromatic heterocycles. The molecule has 3 unspecified atom stereocenters. The zero-order valence-corrected chi connectivity index (χ0v) is 13.0. The minimum Gasteiger partial charge on any atom is -0.383 e. The van der Waals surface area contributed by atoms with Crippen molar-refractivity contribution in [2.75, 3.05) is 26.8 Å². The second-order valence-corrected chi connectivity index (χ2v) is 7.61. The fourth-order valence-electron chi connectivity index (χ4n) is 4.14. The maximum absolute atomic E-state index is 5.43. The van der Waals surface area contributed by atoms with E-state index in [0.717, 1.165) is 25.0 Å². The van der Waals surface area contributed by atoms with Gasteiger partial charge in [0.05, 0.1) is 6.61 Å². The van der Waals surface area contributed by atoms with Crippen LogP contribution in [0.2, 0.25) is 0 Å². The van der Waals surface area contributed by atoms with E-state index >= 15 is 0 Å². The minimum absolute atomic E-state index is 0.330. The molecule has 19 heavy (non-hydrogen) atoms. The van der Waals surface area contributed by atoms with Gasteiger partial charge in [0.25, 0.3) is 0 Å². The summed E-state index contributed by atoms with van der Waals surface area (Å²) in [4.78, 5) is 2.77. The van der Waals surface area contributed by atoms with Crippen molar-refractivity contribution in [1.29, 1.82) is 0 Å². The molecule has 3 heteroatoms. The van der Waals surface area contributed by atoms with Crippen molar-refractivity contribution in [2.24, 2.45) is 11.8 Å². The summed E-state index contributed by atoms with van der Waals surface area (Å²) in [5.74, 6) is 1.79. The Labute approximate surface area is 118 Å². The molecular weight excluding hydrogens is 236 g/mol. The van der Waals surface area contributed by atoms with Crippen LogP contribution in [0.15, 0.2) is 0 Å². The standard InChI is InChI=1S/C16H30N2O/c1-12(9-19-4)18-11-15(2,13-5-6-13)17-10-16(18,3)14-7-8-14/h12-14,17H,5-11H2,1-4H3. The first-order valence-corrected chi connectivity index (χ1v) is 8.00. The van der Waals surface area contributed by atoms with E-state index in [1.54, 1.807) is 0 Å². The van der Waals surface area contributed by atoms with Crippen LogP contribution < -0.4 is 5.32 Å². The Hall–Kier alpha value is -0.120. The van der Waals surface area contributed by atoms with Crippen LogP contribution in [0, 0.1) is 11.8 Å². The highest BCUT2D eigenvalue weighted by Gasteiger charge is 2.55. The van der Waals surface area contributed by atoms with Crippen LogP contribution in [-0.4, -0.2) is 48.8 Å². The van der Waals surface area contributed by atoms with Crippen molar-refractivity contribution in [1.82, 2.24) is 10.2 Å². The molecule has 1 N–H and O–H groups in total. The van der Waals surface area contributed by atoms with Crippen LogP contribution in [0.4, 0.5) is 0 Å². The molecule has 1 aliphatic heterocycles. The molecule has 2 saturated carbocycles. The van der Waals surface area contributed by atoms with Crippen LogP contribution in [0.25, 0.3) is 0 Å². The molecule has 3 nitrogen and oxygen atoms in total. The van der Waals surface area contributed by atoms with E-state index < -0.39 is 0 Å². The Bertz CT molecular complexity index is 340. The van der Waals surface area contributed by atoms with Gasteiger partial charge in [0.1, 0.15) is 0 Å². The number of hydrogen-bond acceptors (Lipinski definition) is 3. The van der Waals surface area contributed by atoms with Gasteiger partial charge in [-0.25, -0.2) is 0 Å². The van der Waals surface area contributed by atoms with Crippen LogP contribution >= 0.6 is 0 Å². The van der Waals surface area contributed by atoms with E-state index in [-0.39, 0.29) is 0 Å². The maximum Gasteiger partial charge on any atom is 0.0615 e. The first kappa shape index (κ1) is 13.8. The van der Waals surface area contributed by atoms with Crippen LogP contribution in [0.5, 0.6) is 0 Å². The predicted octanol–water partition coefficient (Wildman–Crippen LogP) is 2.26. The lowest BCUT2D eigenvalue weighted by Crippen LogP contribution is -2.71. The molecule has 0 amide bonds. The molecule has 3 rings (SSSR count). The highest BCUT2D eigenvalue weighted by Crippen LogP contribution is 2.49. The maximum atomic E-state index is 5.43. The molecule has 0 aromatic carbocycles. The third kappa shape index (κ3) is 2.45. The Kier molecular flexibility index (Phi) is 3.43. The van der Waals surface area contributed by atoms with Gasteiger partial charge in [0.15, 0.2) is 0 Å². The van der Waals surface area contributed by atoms with Gasteiger partial charge >= 0.3 is 0 Å². The third-order valence-corrected chi connectivity index (χ3v) is 5.88. The average Bonchev–Trinajstić information content (AvgIpc) is 3.22. The largest absolute Gasteiger partial charge is 0.383 e. The van der Waals surface area contributed by atoms with Crippen molar-refractivity contribution in [3.8, 4) is 0 Å². The molecule has 110 valence electrons. The topological polar surface area (TPSA) is 24.5 Å². The van der Waals surface area contributed by atoms with Gasteiger partial charge in [-0.2, -0.15) is 0 Å². The number of ether oxygens (including phenoxy) is 1. The summed E-state index contributed by atoms with van der Waals surface area (Å²) in [7, 11) is 1.83. The summed E-state index contributed by atoms with van der Waals surface area (Å²) in [6, 6.07) is 0.524. The summed E-state index contributed by atoms with van der Waals surface area (Å²) in [6.45, 7) is 10.4. The van der Waals surface area contributed by atoms with Gasteiger partial charge in [-0.3, -0.25) is 4.90 Å². The Balaban J connectivity index is 1.78. The number of nitrogens with zero attached hydrogens (tertiary/aromatic N) is 1. The second-order valence-electron chi connectivity index (χ2n) is 7.61.